The minimum Gasteiger partial charge on any atom is -0.497 e. The molecule has 132 valence electrons. The molecule has 0 aliphatic heterocycles. The highest BCUT2D eigenvalue weighted by Gasteiger charge is 2.59. The van der Waals surface area contributed by atoms with Gasteiger partial charge in [-0.1, -0.05) is 37.3 Å². The Morgan fingerprint density at radius 2 is 1.80 bits per heavy atom. The molecule has 0 bridgehead atoms. The fraction of sp³-hybridized carbons (Fsp3) is 0.316. The van der Waals surface area contributed by atoms with Crippen molar-refractivity contribution >= 4 is 15.6 Å². The maximum Gasteiger partial charge on any atom is 0.185 e. The largest absolute Gasteiger partial charge is 0.497 e. The van der Waals surface area contributed by atoms with Crippen molar-refractivity contribution in [1.29, 1.82) is 0 Å². The van der Waals surface area contributed by atoms with Crippen molar-refractivity contribution < 1.29 is 23.1 Å². The summed E-state index contributed by atoms with van der Waals surface area (Å²) in [6.45, 7) is 1.68. The quantitative estimate of drug-likeness (QED) is 0.905. The Morgan fingerprint density at radius 3 is 2.44 bits per heavy atom. The molecule has 1 aliphatic carbocycles. The second-order valence-electron chi connectivity index (χ2n) is 6.38. The van der Waals surface area contributed by atoms with E-state index in [9.17, 15) is 18.3 Å². The van der Waals surface area contributed by atoms with E-state index >= 15 is 0 Å². The molecule has 0 spiro atoms. The highest BCUT2D eigenvalue weighted by molar-refractivity contribution is 7.92. The van der Waals surface area contributed by atoms with E-state index in [0.717, 1.165) is 0 Å². The molecule has 1 fully saturated rings. The normalized spacial score (nSPS) is 26.6. The zero-order valence-electron chi connectivity index (χ0n) is 14.0. The zero-order valence-corrected chi connectivity index (χ0v) is 14.9. The molecule has 3 atom stereocenters. The van der Waals surface area contributed by atoms with E-state index in [0.29, 0.717) is 5.75 Å². The van der Waals surface area contributed by atoms with Gasteiger partial charge in [-0.15, -0.1) is 0 Å². The van der Waals surface area contributed by atoms with Gasteiger partial charge in [0.2, 0.25) is 0 Å². The zero-order chi connectivity index (χ0) is 18.2. The lowest BCUT2D eigenvalue weighted by Crippen LogP contribution is -2.46. The first kappa shape index (κ1) is 17.6. The predicted octanol–water partition coefficient (Wildman–Crippen LogP) is 2.33. The Morgan fingerprint density at radius 1 is 1.12 bits per heavy atom. The minimum absolute atomic E-state index is 0.00440. The predicted molar refractivity (Wildman–Crippen MR) is 93.1 cm³/mol. The third-order valence-corrected chi connectivity index (χ3v) is 7.18. The Labute approximate surface area is 147 Å². The van der Waals surface area contributed by atoms with Gasteiger partial charge in [-0.3, -0.25) is 4.79 Å². The van der Waals surface area contributed by atoms with E-state index in [2.05, 4.69) is 0 Å². The number of aliphatic hydroxyl groups is 1. The van der Waals surface area contributed by atoms with E-state index in [1.165, 1.54) is 25.3 Å². The molecule has 3 rings (SSSR count). The average Bonchev–Trinajstić information content (AvgIpc) is 2.86. The van der Waals surface area contributed by atoms with Crippen LogP contribution in [0, 0.1) is 5.92 Å². The fourth-order valence-electron chi connectivity index (χ4n) is 3.60. The summed E-state index contributed by atoms with van der Waals surface area (Å²) >= 11 is 0. The van der Waals surface area contributed by atoms with Gasteiger partial charge in [0, 0.05) is 6.42 Å². The number of carbonyl (C=O) groups is 1. The molecule has 1 aliphatic rings. The third kappa shape index (κ3) is 2.75. The van der Waals surface area contributed by atoms with Crippen molar-refractivity contribution in [3.05, 3.63) is 60.2 Å². The number of hydrogen-bond donors (Lipinski definition) is 1. The van der Waals surface area contributed by atoms with Crippen molar-refractivity contribution in [2.24, 2.45) is 5.92 Å². The molecule has 5 nitrogen and oxygen atoms in total. The highest BCUT2D eigenvalue weighted by Crippen LogP contribution is 2.45. The first-order valence-electron chi connectivity index (χ1n) is 8.01. The molecule has 0 saturated heterocycles. The molecular weight excluding hydrogens is 340 g/mol. The first-order valence-corrected chi connectivity index (χ1v) is 9.55. The summed E-state index contributed by atoms with van der Waals surface area (Å²) in [5.74, 6) is -0.541. The number of methoxy groups -OCH3 is 1. The van der Waals surface area contributed by atoms with Crippen LogP contribution in [0.4, 0.5) is 0 Å². The second kappa shape index (κ2) is 6.28. The molecule has 25 heavy (non-hydrogen) atoms. The number of ether oxygens (including phenoxy) is 1. The molecule has 0 radical (unpaired) electrons. The number of ketones is 1. The Balaban J connectivity index is 2.18. The number of benzene rings is 2. The molecule has 1 saturated carbocycles. The van der Waals surface area contributed by atoms with Crippen LogP contribution in [0.15, 0.2) is 59.5 Å². The maximum atomic E-state index is 13.2. The van der Waals surface area contributed by atoms with Gasteiger partial charge in [-0.05, 0) is 35.7 Å². The summed E-state index contributed by atoms with van der Waals surface area (Å²) in [6.07, 6.45) is 0.00440. The topological polar surface area (TPSA) is 80.7 Å². The van der Waals surface area contributed by atoms with Crippen LogP contribution in [0.25, 0.3) is 0 Å². The number of rotatable bonds is 4. The molecular formula is C19H20O5S. The average molecular weight is 360 g/mol. The SMILES string of the molecule is COc1cccc([C@@]2(O)C(=O)C[C@@H](C)[C@@H]2S(=O)(=O)c2ccccc2)c1. The van der Waals surface area contributed by atoms with Crippen LogP contribution >= 0.6 is 0 Å². The van der Waals surface area contributed by atoms with Crippen molar-refractivity contribution in [3.8, 4) is 5.75 Å². The number of hydrogen-bond acceptors (Lipinski definition) is 5. The molecule has 2 aromatic carbocycles. The van der Waals surface area contributed by atoms with Crippen molar-refractivity contribution in [2.45, 2.75) is 29.1 Å². The Hall–Kier alpha value is -2.18. The van der Waals surface area contributed by atoms with Crippen LogP contribution in [0.3, 0.4) is 0 Å². The molecule has 0 amide bonds. The van der Waals surface area contributed by atoms with Gasteiger partial charge in [0.25, 0.3) is 0 Å². The number of sulfone groups is 1. The monoisotopic (exact) mass is 360 g/mol. The smallest absolute Gasteiger partial charge is 0.185 e. The summed E-state index contributed by atoms with van der Waals surface area (Å²) in [4.78, 5) is 12.7. The van der Waals surface area contributed by atoms with Gasteiger partial charge in [0.15, 0.2) is 21.2 Å². The molecule has 0 unspecified atom stereocenters. The van der Waals surface area contributed by atoms with E-state index in [1.807, 2.05) is 0 Å². The van der Waals surface area contributed by atoms with E-state index < -0.39 is 32.4 Å². The molecule has 1 N–H and O–H groups in total. The van der Waals surface area contributed by atoms with Gasteiger partial charge in [-0.2, -0.15) is 0 Å². The first-order chi connectivity index (χ1) is 11.8. The lowest BCUT2D eigenvalue weighted by atomic mass is 9.90. The van der Waals surface area contributed by atoms with Crippen molar-refractivity contribution in [3.63, 3.8) is 0 Å². The third-order valence-electron chi connectivity index (χ3n) is 4.78. The maximum absolute atomic E-state index is 13.2. The molecule has 0 aromatic heterocycles. The van der Waals surface area contributed by atoms with Crippen LogP contribution in [-0.4, -0.2) is 31.7 Å². The van der Waals surface area contributed by atoms with Gasteiger partial charge >= 0.3 is 0 Å². The van der Waals surface area contributed by atoms with E-state index in [4.69, 9.17) is 4.74 Å². The Kier molecular flexibility index (Phi) is 4.43. The van der Waals surface area contributed by atoms with Gasteiger partial charge in [0.1, 0.15) is 11.0 Å². The van der Waals surface area contributed by atoms with Gasteiger partial charge < -0.3 is 9.84 Å². The van der Waals surface area contributed by atoms with E-state index in [1.54, 1.807) is 43.3 Å². The lowest BCUT2D eigenvalue weighted by Gasteiger charge is -2.30. The van der Waals surface area contributed by atoms with Crippen LogP contribution in [-0.2, 0) is 20.2 Å². The van der Waals surface area contributed by atoms with E-state index in [-0.39, 0.29) is 16.9 Å². The van der Waals surface area contributed by atoms with Crippen LogP contribution in [0.5, 0.6) is 5.75 Å². The summed E-state index contributed by atoms with van der Waals surface area (Å²) < 4.78 is 31.5. The fourth-order valence-corrected chi connectivity index (χ4v) is 5.85. The second-order valence-corrected chi connectivity index (χ2v) is 8.45. The van der Waals surface area contributed by atoms with Gasteiger partial charge in [-0.25, -0.2) is 8.42 Å². The molecule has 6 heteroatoms. The lowest BCUT2D eigenvalue weighted by molar-refractivity contribution is -0.133. The molecule has 2 aromatic rings. The summed E-state index contributed by atoms with van der Waals surface area (Å²) in [5.41, 5.74) is -1.85. The number of carbonyl (C=O) groups excluding carboxylic acids is 1. The van der Waals surface area contributed by atoms with Crippen molar-refractivity contribution in [2.75, 3.05) is 7.11 Å². The van der Waals surface area contributed by atoms with Crippen LogP contribution in [0.1, 0.15) is 18.9 Å². The van der Waals surface area contributed by atoms with Crippen LogP contribution in [0.2, 0.25) is 0 Å². The highest BCUT2D eigenvalue weighted by atomic mass is 32.2. The minimum atomic E-state index is -3.91. The van der Waals surface area contributed by atoms with Crippen LogP contribution < -0.4 is 4.74 Å². The number of Topliss-reactive ketones (excluding diaryl/α,β-unsaturated/α-hetero) is 1. The summed E-state index contributed by atoms with van der Waals surface area (Å²) in [7, 11) is -2.44. The van der Waals surface area contributed by atoms with Gasteiger partial charge in [0.05, 0.1) is 12.0 Å². The van der Waals surface area contributed by atoms with Crippen molar-refractivity contribution in [1.82, 2.24) is 0 Å². The molecule has 0 heterocycles. The Bertz CT molecular complexity index is 891. The standard InChI is InChI=1S/C19H20O5S/c1-13-11-17(20)19(21,14-7-6-8-15(12-14)24-2)18(13)25(22,23)16-9-4-3-5-10-16/h3-10,12-13,18,21H,11H2,1-2H3/t13-,18+,19-/m1/s1. The summed E-state index contributed by atoms with van der Waals surface area (Å²) in [6, 6.07) is 14.3. The summed E-state index contributed by atoms with van der Waals surface area (Å²) in [5, 5.41) is 10.0.